The Bertz CT molecular complexity index is 928. The van der Waals surface area contributed by atoms with Gasteiger partial charge in [-0.1, -0.05) is 35.5 Å². The number of benzene rings is 2. The lowest BCUT2D eigenvalue weighted by molar-refractivity contribution is -0.137. The van der Waals surface area contributed by atoms with E-state index >= 15 is 0 Å². The first kappa shape index (κ1) is 20.5. The second kappa shape index (κ2) is 8.42. The van der Waals surface area contributed by atoms with Crippen LogP contribution in [-0.2, 0) is 22.4 Å². The summed E-state index contributed by atoms with van der Waals surface area (Å²) in [5, 5.41) is 10.0. The van der Waals surface area contributed by atoms with Gasteiger partial charge in [0.25, 0.3) is 0 Å². The Morgan fingerprint density at radius 1 is 1.17 bits per heavy atom. The van der Waals surface area contributed by atoms with Crippen LogP contribution >= 0.6 is 0 Å². The second-order valence-corrected chi connectivity index (χ2v) is 6.47. The maximum Gasteiger partial charge on any atom is 0.416 e. The van der Waals surface area contributed by atoms with E-state index in [9.17, 15) is 13.2 Å². The quantitative estimate of drug-likeness (QED) is 0.550. The lowest BCUT2D eigenvalue weighted by atomic mass is 10.1. The molecule has 0 radical (unpaired) electrons. The summed E-state index contributed by atoms with van der Waals surface area (Å²) in [5.74, 6) is 0. The zero-order chi connectivity index (χ0) is 21.0. The lowest BCUT2D eigenvalue weighted by Crippen LogP contribution is -2.31. The van der Waals surface area contributed by atoms with E-state index in [0.29, 0.717) is 24.0 Å². The van der Waals surface area contributed by atoms with Gasteiger partial charge in [0.15, 0.2) is 0 Å². The maximum absolute atomic E-state index is 12.9. The molecule has 0 aliphatic carbocycles. The Kier molecular flexibility index (Phi) is 5.95. The summed E-state index contributed by atoms with van der Waals surface area (Å²) in [6.45, 7) is 2.27. The van der Waals surface area contributed by atoms with Crippen molar-refractivity contribution in [3.05, 3.63) is 65.2 Å². The molecular formula is C20H21F3N4O2. The van der Waals surface area contributed by atoms with Crippen LogP contribution in [-0.4, -0.2) is 37.6 Å². The molecule has 1 aliphatic rings. The van der Waals surface area contributed by atoms with Gasteiger partial charge in [-0.3, -0.25) is 9.91 Å². The predicted octanol–water partition coefficient (Wildman–Crippen LogP) is 4.27. The number of rotatable bonds is 5. The molecule has 0 bridgehead atoms. The van der Waals surface area contributed by atoms with Crippen LogP contribution in [0.15, 0.2) is 58.8 Å². The molecule has 0 N–H and O–H groups in total. The number of anilines is 1. The minimum absolute atomic E-state index is 0.143. The molecule has 3 rings (SSSR count). The smallest absolute Gasteiger partial charge is 0.416 e. The molecule has 2 aromatic rings. The van der Waals surface area contributed by atoms with Crippen LogP contribution < -0.4 is 4.90 Å². The van der Waals surface area contributed by atoms with Crippen LogP contribution in [0.3, 0.4) is 0 Å². The van der Waals surface area contributed by atoms with E-state index in [1.165, 1.54) is 6.07 Å². The number of ether oxygens (including phenoxy) is 1. The third kappa shape index (κ3) is 4.79. The molecule has 0 spiro atoms. The summed E-state index contributed by atoms with van der Waals surface area (Å²) < 4.78 is 44.0. The number of halogens is 3. The van der Waals surface area contributed by atoms with Crippen molar-refractivity contribution >= 4 is 17.4 Å². The van der Waals surface area contributed by atoms with Crippen LogP contribution in [0.5, 0.6) is 0 Å². The summed E-state index contributed by atoms with van der Waals surface area (Å²) >= 11 is 0. The van der Waals surface area contributed by atoms with E-state index in [1.54, 1.807) is 25.1 Å². The highest BCUT2D eigenvalue weighted by Crippen LogP contribution is 2.30. The van der Waals surface area contributed by atoms with Crippen LogP contribution in [0.1, 0.15) is 23.6 Å². The van der Waals surface area contributed by atoms with Crippen LogP contribution in [0.25, 0.3) is 0 Å². The molecule has 0 amide bonds. The number of amidine groups is 1. The van der Waals surface area contributed by atoms with Gasteiger partial charge in [-0.15, -0.1) is 5.10 Å². The Hall–Kier alpha value is -3.23. The Morgan fingerprint density at radius 3 is 2.66 bits per heavy atom. The second-order valence-electron chi connectivity index (χ2n) is 6.47. The first-order valence-corrected chi connectivity index (χ1v) is 8.83. The van der Waals surface area contributed by atoms with Crippen LogP contribution in [0, 0.1) is 0 Å². The molecular weight excluding hydrogens is 385 g/mol. The predicted molar refractivity (Wildman–Crippen MR) is 104 cm³/mol. The lowest BCUT2D eigenvalue weighted by Gasteiger charge is -2.21. The zero-order valence-corrected chi connectivity index (χ0v) is 16.3. The molecule has 0 unspecified atom stereocenters. The molecule has 2 aromatic carbocycles. The molecule has 1 aliphatic heterocycles. The highest BCUT2D eigenvalue weighted by Gasteiger charge is 2.30. The van der Waals surface area contributed by atoms with Gasteiger partial charge >= 0.3 is 12.2 Å². The normalized spacial score (nSPS) is 14.8. The van der Waals surface area contributed by atoms with E-state index in [4.69, 9.17) is 9.57 Å². The molecule has 1 heterocycles. The molecule has 0 saturated heterocycles. The summed E-state index contributed by atoms with van der Waals surface area (Å²) in [5.41, 5.74) is 1.67. The van der Waals surface area contributed by atoms with Gasteiger partial charge < -0.3 is 9.57 Å². The molecule has 6 nitrogen and oxygen atoms in total. The standard InChI is InChI=1S/C20H21F3N4O2/c1-14(15-8-6-9-17(11-15)20(21,22)23)25-29-12-16-7-4-5-10-18(16)27-13-26(2)24-19(27)28-3/h4-11H,12-13H2,1-3H3. The van der Waals surface area contributed by atoms with Gasteiger partial charge in [-0.05, 0) is 30.7 Å². The first-order chi connectivity index (χ1) is 13.8. The Balaban J connectivity index is 1.74. The van der Waals surface area contributed by atoms with E-state index in [-0.39, 0.29) is 6.61 Å². The van der Waals surface area contributed by atoms with Crippen molar-refractivity contribution in [2.24, 2.45) is 10.3 Å². The number of para-hydroxylation sites is 1. The van der Waals surface area contributed by atoms with Crippen LogP contribution in [0.2, 0.25) is 0 Å². The number of hydrogen-bond acceptors (Lipinski definition) is 6. The van der Waals surface area contributed by atoms with Gasteiger partial charge in [0.1, 0.15) is 13.3 Å². The largest absolute Gasteiger partial charge is 0.467 e. The fraction of sp³-hybridized carbons (Fsp3) is 0.300. The molecule has 0 saturated carbocycles. The van der Waals surface area contributed by atoms with Gasteiger partial charge in [0.2, 0.25) is 0 Å². The Labute approximate surface area is 166 Å². The third-order valence-corrected chi connectivity index (χ3v) is 4.33. The van der Waals surface area contributed by atoms with E-state index in [1.807, 2.05) is 36.2 Å². The SMILES string of the molecule is COC1=NN(C)CN1c1ccccc1CON=C(C)c1cccc(C(F)(F)F)c1. The van der Waals surface area contributed by atoms with E-state index < -0.39 is 11.7 Å². The van der Waals surface area contributed by atoms with Crippen molar-refractivity contribution < 1.29 is 22.7 Å². The van der Waals surface area contributed by atoms with Gasteiger partial charge in [-0.25, -0.2) is 0 Å². The molecule has 29 heavy (non-hydrogen) atoms. The molecule has 9 heteroatoms. The minimum Gasteiger partial charge on any atom is -0.467 e. The number of hydrogen-bond donors (Lipinski definition) is 0. The number of alkyl halides is 3. The van der Waals surface area contributed by atoms with Gasteiger partial charge in [0.05, 0.1) is 24.1 Å². The fourth-order valence-electron chi connectivity index (χ4n) is 2.90. The van der Waals surface area contributed by atoms with E-state index in [0.717, 1.165) is 23.4 Å². The van der Waals surface area contributed by atoms with E-state index in [2.05, 4.69) is 10.3 Å². The maximum atomic E-state index is 12.9. The van der Waals surface area contributed by atoms with Crippen LogP contribution in [0.4, 0.5) is 18.9 Å². The minimum atomic E-state index is -4.40. The number of oxime groups is 1. The summed E-state index contributed by atoms with van der Waals surface area (Å²) in [6.07, 6.45) is -4.40. The third-order valence-electron chi connectivity index (χ3n) is 4.33. The summed E-state index contributed by atoms with van der Waals surface area (Å²) in [6, 6.07) is 13.0. The highest BCUT2D eigenvalue weighted by molar-refractivity contribution is 5.98. The number of methoxy groups -OCH3 is 1. The fourth-order valence-corrected chi connectivity index (χ4v) is 2.90. The zero-order valence-electron chi connectivity index (χ0n) is 16.3. The van der Waals surface area contributed by atoms with Crippen molar-refractivity contribution in [3.63, 3.8) is 0 Å². The summed E-state index contributed by atoms with van der Waals surface area (Å²) in [4.78, 5) is 7.33. The molecule has 0 fully saturated rings. The molecule has 154 valence electrons. The number of hydrazone groups is 1. The summed E-state index contributed by atoms with van der Waals surface area (Å²) in [7, 11) is 3.38. The molecule has 0 atom stereocenters. The average molecular weight is 406 g/mol. The van der Waals surface area contributed by atoms with Crippen molar-refractivity contribution in [2.45, 2.75) is 19.7 Å². The van der Waals surface area contributed by atoms with Gasteiger partial charge in [0, 0.05) is 12.6 Å². The van der Waals surface area contributed by atoms with Crippen molar-refractivity contribution in [2.75, 3.05) is 25.7 Å². The van der Waals surface area contributed by atoms with Crippen molar-refractivity contribution in [1.29, 1.82) is 0 Å². The first-order valence-electron chi connectivity index (χ1n) is 8.83. The van der Waals surface area contributed by atoms with Crippen molar-refractivity contribution in [3.8, 4) is 0 Å². The molecule has 0 aromatic heterocycles. The van der Waals surface area contributed by atoms with Gasteiger partial charge in [-0.2, -0.15) is 13.2 Å². The highest BCUT2D eigenvalue weighted by atomic mass is 19.4. The monoisotopic (exact) mass is 406 g/mol. The van der Waals surface area contributed by atoms with Crippen molar-refractivity contribution in [1.82, 2.24) is 5.01 Å². The Morgan fingerprint density at radius 2 is 1.93 bits per heavy atom. The topological polar surface area (TPSA) is 49.7 Å². The number of nitrogens with zero attached hydrogens (tertiary/aromatic N) is 4. The average Bonchev–Trinajstić information content (AvgIpc) is 3.08.